The van der Waals surface area contributed by atoms with E-state index in [4.69, 9.17) is 23.2 Å². The van der Waals surface area contributed by atoms with Crippen LogP contribution in [0.4, 0.5) is 5.13 Å². The number of carbonyl (C=O) groups is 1. The molecular formula is C12H8Cl2N4OS. The molecule has 0 saturated carbocycles. The van der Waals surface area contributed by atoms with E-state index in [0.29, 0.717) is 20.6 Å². The van der Waals surface area contributed by atoms with E-state index in [9.17, 15) is 4.79 Å². The van der Waals surface area contributed by atoms with E-state index < -0.39 is 0 Å². The zero-order valence-corrected chi connectivity index (χ0v) is 12.5. The van der Waals surface area contributed by atoms with Crippen LogP contribution in [0, 0.1) is 6.92 Å². The molecule has 3 aromatic rings. The van der Waals surface area contributed by atoms with Crippen LogP contribution in [0.2, 0.25) is 10.0 Å². The first-order valence-electron chi connectivity index (χ1n) is 5.63. The van der Waals surface area contributed by atoms with Gasteiger partial charge >= 0.3 is 0 Å². The van der Waals surface area contributed by atoms with E-state index in [1.807, 2.05) is 6.92 Å². The number of anilines is 1. The molecule has 8 heteroatoms. The molecule has 0 atom stereocenters. The lowest BCUT2D eigenvalue weighted by atomic mass is 10.2. The Morgan fingerprint density at radius 2 is 2.15 bits per heavy atom. The second-order valence-electron chi connectivity index (χ2n) is 4.08. The van der Waals surface area contributed by atoms with E-state index in [0.717, 1.165) is 10.5 Å². The van der Waals surface area contributed by atoms with Gasteiger partial charge in [0.1, 0.15) is 10.7 Å². The van der Waals surface area contributed by atoms with Crippen molar-refractivity contribution in [2.75, 3.05) is 5.32 Å². The Hall–Kier alpha value is -1.63. The Morgan fingerprint density at radius 3 is 2.85 bits per heavy atom. The molecule has 5 nitrogen and oxygen atoms in total. The Kier molecular flexibility index (Phi) is 3.37. The molecule has 2 heterocycles. The third-order valence-corrected chi connectivity index (χ3v) is 4.05. The van der Waals surface area contributed by atoms with Crippen LogP contribution >= 0.6 is 34.5 Å². The van der Waals surface area contributed by atoms with Crippen molar-refractivity contribution >= 4 is 56.5 Å². The van der Waals surface area contributed by atoms with Crippen molar-refractivity contribution in [2.24, 2.45) is 0 Å². The number of nitrogens with one attached hydrogen (secondary N) is 2. The fourth-order valence-corrected chi connectivity index (χ4v) is 2.84. The molecule has 0 aliphatic rings. The maximum absolute atomic E-state index is 12.2. The first kappa shape index (κ1) is 13.4. The molecule has 3 rings (SSSR count). The number of aromatic nitrogens is 3. The number of hydrogen-bond donors (Lipinski definition) is 2. The van der Waals surface area contributed by atoms with Gasteiger partial charge in [0, 0.05) is 15.9 Å². The van der Waals surface area contributed by atoms with E-state index in [-0.39, 0.29) is 11.6 Å². The second kappa shape index (κ2) is 5.05. The molecule has 0 fully saturated rings. The SMILES string of the molecule is Cc1nnc(NC(=O)c2[nH]c3ccc(Cl)cc3c2Cl)s1. The van der Waals surface area contributed by atoms with Gasteiger partial charge in [-0.2, -0.15) is 0 Å². The summed E-state index contributed by atoms with van der Waals surface area (Å²) in [5.41, 5.74) is 1.02. The maximum atomic E-state index is 12.2. The predicted octanol–water partition coefficient (Wildman–Crippen LogP) is 3.89. The number of H-pyrrole nitrogens is 1. The van der Waals surface area contributed by atoms with Gasteiger partial charge in [-0.05, 0) is 25.1 Å². The molecule has 2 aromatic heterocycles. The van der Waals surface area contributed by atoms with Gasteiger partial charge in [-0.1, -0.05) is 34.5 Å². The van der Waals surface area contributed by atoms with Crippen LogP contribution < -0.4 is 5.32 Å². The van der Waals surface area contributed by atoms with Gasteiger partial charge in [0.25, 0.3) is 5.91 Å². The molecule has 0 aliphatic heterocycles. The number of fused-ring (bicyclic) bond motifs is 1. The fraction of sp³-hybridized carbons (Fsp3) is 0.0833. The lowest BCUT2D eigenvalue weighted by Gasteiger charge is -1.98. The van der Waals surface area contributed by atoms with Crippen molar-refractivity contribution in [3.8, 4) is 0 Å². The highest BCUT2D eigenvalue weighted by Gasteiger charge is 2.17. The number of amides is 1. The van der Waals surface area contributed by atoms with Crippen molar-refractivity contribution in [3.63, 3.8) is 0 Å². The molecule has 20 heavy (non-hydrogen) atoms. The molecule has 102 valence electrons. The summed E-state index contributed by atoms with van der Waals surface area (Å²) < 4.78 is 0. The lowest BCUT2D eigenvalue weighted by molar-refractivity contribution is 0.102. The molecule has 0 bridgehead atoms. The van der Waals surface area contributed by atoms with Crippen LogP contribution in [-0.2, 0) is 0 Å². The summed E-state index contributed by atoms with van der Waals surface area (Å²) in [6, 6.07) is 5.21. The maximum Gasteiger partial charge on any atom is 0.275 e. The zero-order valence-electron chi connectivity index (χ0n) is 10.2. The van der Waals surface area contributed by atoms with Crippen LogP contribution in [0.15, 0.2) is 18.2 Å². The summed E-state index contributed by atoms with van der Waals surface area (Å²) in [6.07, 6.45) is 0. The van der Waals surface area contributed by atoms with Crippen molar-refractivity contribution in [1.29, 1.82) is 0 Å². The highest BCUT2D eigenvalue weighted by molar-refractivity contribution is 7.15. The number of rotatable bonds is 2. The minimum Gasteiger partial charge on any atom is -0.349 e. The van der Waals surface area contributed by atoms with Crippen LogP contribution in [0.1, 0.15) is 15.5 Å². The second-order valence-corrected chi connectivity index (χ2v) is 6.08. The third-order valence-electron chi connectivity index (χ3n) is 2.67. The van der Waals surface area contributed by atoms with E-state index in [2.05, 4.69) is 20.5 Å². The topological polar surface area (TPSA) is 70.7 Å². The summed E-state index contributed by atoms with van der Waals surface area (Å²) in [7, 11) is 0. The molecule has 0 aliphatic carbocycles. The Bertz CT molecular complexity index is 811. The minimum absolute atomic E-state index is 0.275. The number of aryl methyl sites for hydroxylation is 1. The summed E-state index contributed by atoms with van der Waals surface area (Å²) in [5, 5.41) is 13.1. The third kappa shape index (κ3) is 2.37. The number of nitrogens with zero attached hydrogens (tertiary/aromatic N) is 2. The Balaban J connectivity index is 1.97. The smallest absolute Gasteiger partial charge is 0.275 e. The van der Waals surface area contributed by atoms with Gasteiger partial charge in [0.2, 0.25) is 5.13 Å². The number of carbonyl (C=O) groups excluding carboxylic acids is 1. The normalized spacial score (nSPS) is 10.9. The van der Waals surface area contributed by atoms with Gasteiger partial charge in [-0.15, -0.1) is 10.2 Å². The summed E-state index contributed by atoms with van der Waals surface area (Å²) in [4.78, 5) is 15.1. The van der Waals surface area contributed by atoms with Gasteiger partial charge in [0.05, 0.1) is 5.02 Å². The molecule has 0 spiro atoms. The molecule has 1 aromatic carbocycles. The summed E-state index contributed by atoms with van der Waals surface area (Å²) in [5.74, 6) is -0.363. The lowest BCUT2D eigenvalue weighted by Crippen LogP contribution is -2.12. The van der Waals surface area contributed by atoms with E-state index in [1.54, 1.807) is 18.2 Å². The zero-order chi connectivity index (χ0) is 14.3. The Morgan fingerprint density at radius 1 is 1.35 bits per heavy atom. The minimum atomic E-state index is -0.363. The highest BCUT2D eigenvalue weighted by atomic mass is 35.5. The molecule has 0 unspecified atom stereocenters. The van der Waals surface area contributed by atoms with Crippen molar-refractivity contribution in [3.05, 3.63) is 38.9 Å². The van der Waals surface area contributed by atoms with Crippen molar-refractivity contribution in [2.45, 2.75) is 6.92 Å². The molecule has 0 radical (unpaired) electrons. The first-order valence-corrected chi connectivity index (χ1v) is 7.20. The monoisotopic (exact) mass is 326 g/mol. The van der Waals surface area contributed by atoms with Gasteiger partial charge in [-0.25, -0.2) is 0 Å². The summed E-state index contributed by atoms with van der Waals surface area (Å²) >= 11 is 13.4. The predicted molar refractivity (Wildman–Crippen MR) is 80.9 cm³/mol. The fourth-order valence-electron chi connectivity index (χ4n) is 1.79. The number of halogens is 2. The van der Waals surface area contributed by atoms with Gasteiger partial charge in [-0.3, -0.25) is 10.1 Å². The van der Waals surface area contributed by atoms with Crippen molar-refractivity contribution in [1.82, 2.24) is 15.2 Å². The first-order chi connectivity index (χ1) is 9.54. The van der Waals surface area contributed by atoms with Crippen molar-refractivity contribution < 1.29 is 4.79 Å². The Labute approximate surface area is 127 Å². The largest absolute Gasteiger partial charge is 0.349 e. The van der Waals surface area contributed by atoms with Crippen LogP contribution in [0.3, 0.4) is 0 Å². The van der Waals surface area contributed by atoms with E-state index >= 15 is 0 Å². The average molecular weight is 327 g/mol. The van der Waals surface area contributed by atoms with Crippen LogP contribution in [-0.4, -0.2) is 21.1 Å². The standard InChI is InChI=1S/C12H8Cl2N4OS/c1-5-17-18-12(20-5)16-11(19)10-9(14)7-4-6(13)2-3-8(7)15-10/h2-4,15H,1H3,(H,16,18,19). The quantitative estimate of drug-likeness (QED) is 0.750. The summed E-state index contributed by atoms with van der Waals surface area (Å²) in [6.45, 7) is 1.81. The molecule has 2 N–H and O–H groups in total. The number of aromatic amines is 1. The molecule has 1 amide bonds. The van der Waals surface area contributed by atoms with Crippen LogP contribution in [0.25, 0.3) is 10.9 Å². The van der Waals surface area contributed by atoms with Gasteiger partial charge < -0.3 is 4.98 Å². The molecule has 0 saturated heterocycles. The van der Waals surface area contributed by atoms with Crippen LogP contribution in [0.5, 0.6) is 0 Å². The number of hydrogen-bond acceptors (Lipinski definition) is 4. The molecular weight excluding hydrogens is 319 g/mol. The average Bonchev–Trinajstić information content (AvgIpc) is 2.94. The number of benzene rings is 1. The van der Waals surface area contributed by atoms with E-state index in [1.165, 1.54) is 11.3 Å². The highest BCUT2D eigenvalue weighted by Crippen LogP contribution is 2.30. The van der Waals surface area contributed by atoms with Gasteiger partial charge in [0.15, 0.2) is 0 Å².